The van der Waals surface area contributed by atoms with Crippen LogP contribution in [-0.2, 0) is 4.74 Å². The van der Waals surface area contributed by atoms with Gasteiger partial charge in [0.2, 0.25) is 0 Å². The van der Waals surface area contributed by atoms with Crippen molar-refractivity contribution >= 4 is 11.4 Å². The van der Waals surface area contributed by atoms with Gasteiger partial charge in [0.1, 0.15) is 5.75 Å². The number of hydrogen-bond acceptors (Lipinski definition) is 5. The molecule has 0 bridgehead atoms. The van der Waals surface area contributed by atoms with Gasteiger partial charge < -0.3 is 14.8 Å². The molecule has 0 heterocycles. The van der Waals surface area contributed by atoms with Crippen molar-refractivity contribution in [1.82, 2.24) is 0 Å². The van der Waals surface area contributed by atoms with Gasteiger partial charge in [-0.15, -0.1) is 0 Å². The quantitative estimate of drug-likeness (QED) is 0.608. The lowest BCUT2D eigenvalue weighted by Crippen LogP contribution is -2.35. The summed E-state index contributed by atoms with van der Waals surface area (Å²) in [5.74, 6) is 0.479. The van der Waals surface area contributed by atoms with Crippen LogP contribution in [0.3, 0.4) is 0 Å². The van der Waals surface area contributed by atoms with Gasteiger partial charge in [0, 0.05) is 24.9 Å². The summed E-state index contributed by atoms with van der Waals surface area (Å²) in [6, 6.07) is 4.64. The highest BCUT2D eigenvalue weighted by atomic mass is 16.6. The summed E-state index contributed by atoms with van der Waals surface area (Å²) in [6.07, 6.45) is 0. The van der Waals surface area contributed by atoms with Crippen molar-refractivity contribution in [3.05, 3.63) is 28.3 Å². The van der Waals surface area contributed by atoms with Crippen molar-refractivity contribution in [3.63, 3.8) is 0 Å². The molecule has 0 aliphatic rings. The molecule has 0 spiro atoms. The number of non-ortho nitro benzene ring substituents is 1. The molecule has 0 aromatic heterocycles. The monoisotopic (exact) mass is 268 g/mol. The molecule has 0 saturated carbocycles. The average molecular weight is 268 g/mol. The van der Waals surface area contributed by atoms with Gasteiger partial charge in [-0.05, 0) is 20.8 Å². The summed E-state index contributed by atoms with van der Waals surface area (Å²) in [4.78, 5) is 10.5. The van der Waals surface area contributed by atoms with E-state index in [1.165, 1.54) is 12.1 Å². The van der Waals surface area contributed by atoms with E-state index in [-0.39, 0.29) is 11.2 Å². The summed E-state index contributed by atoms with van der Waals surface area (Å²) < 4.78 is 10.4. The summed E-state index contributed by atoms with van der Waals surface area (Å²) in [5, 5.41) is 14.1. The minimum Gasteiger partial charge on any atom is -0.494 e. The third-order valence-electron chi connectivity index (χ3n) is 2.40. The highest BCUT2D eigenvalue weighted by Gasteiger charge is 2.19. The Morgan fingerprint density at radius 2 is 2.05 bits per heavy atom. The van der Waals surface area contributed by atoms with Crippen molar-refractivity contribution in [2.45, 2.75) is 26.3 Å². The predicted molar refractivity (Wildman–Crippen MR) is 73.8 cm³/mol. The lowest BCUT2D eigenvalue weighted by atomic mass is 10.1. The molecule has 19 heavy (non-hydrogen) atoms. The largest absolute Gasteiger partial charge is 0.494 e. The number of methoxy groups -OCH3 is 1. The Bertz CT molecular complexity index is 446. The Morgan fingerprint density at radius 3 is 2.58 bits per heavy atom. The number of ether oxygens (including phenoxy) is 2. The number of nitrogens with one attached hydrogen (secondary N) is 1. The van der Waals surface area contributed by atoms with E-state index >= 15 is 0 Å². The number of rotatable bonds is 7. The average Bonchev–Trinajstić information content (AvgIpc) is 2.27. The molecule has 6 heteroatoms. The normalized spacial score (nSPS) is 11.2. The van der Waals surface area contributed by atoms with E-state index in [0.29, 0.717) is 24.7 Å². The van der Waals surface area contributed by atoms with E-state index < -0.39 is 4.92 Å². The lowest BCUT2D eigenvalue weighted by molar-refractivity contribution is -0.384. The zero-order valence-corrected chi connectivity index (χ0v) is 11.7. The second-order valence-corrected chi connectivity index (χ2v) is 4.85. The van der Waals surface area contributed by atoms with E-state index in [1.807, 2.05) is 20.8 Å². The van der Waals surface area contributed by atoms with Crippen LogP contribution < -0.4 is 10.1 Å². The minimum atomic E-state index is -0.434. The Morgan fingerprint density at radius 1 is 1.37 bits per heavy atom. The van der Waals surface area contributed by atoms with Crippen LogP contribution in [0.1, 0.15) is 20.8 Å². The molecule has 0 unspecified atom stereocenters. The summed E-state index contributed by atoms with van der Waals surface area (Å²) in [7, 11) is 1.61. The fourth-order valence-electron chi connectivity index (χ4n) is 1.80. The van der Waals surface area contributed by atoms with Gasteiger partial charge in [0.15, 0.2) is 0 Å². The highest BCUT2D eigenvalue weighted by molar-refractivity contribution is 5.57. The summed E-state index contributed by atoms with van der Waals surface area (Å²) in [5.41, 5.74) is 0.314. The highest BCUT2D eigenvalue weighted by Crippen LogP contribution is 2.28. The van der Waals surface area contributed by atoms with E-state index in [0.717, 1.165) is 0 Å². The first-order valence-electron chi connectivity index (χ1n) is 6.07. The second kappa shape index (κ2) is 6.38. The predicted octanol–water partition coefficient (Wildman–Crippen LogP) is 2.83. The van der Waals surface area contributed by atoms with Gasteiger partial charge in [-0.25, -0.2) is 0 Å². The molecule has 0 saturated heterocycles. The molecule has 0 aliphatic heterocycles. The Labute approximate surface area is 112 Å². The fourth-order valence-corrected chi connectivity index (χ4v) is 1.80. The van der Waals surface area contributed by atoms with Crippen molar-refractivity contribution in [2.24, 2.45) is 0 Å². The summed E-state index contributed by atoms with van der Waals surface area (Å²) in [6.45, 7) is 6.69. The zero-order valence-electron chi connectivity index (χ0n) is 11.7. The third-order valence-corrected chi connectivity index (χ3v) is 2.40. The molecule has 0 radical (unpaired) electrons. The minimum absolute atomic E-state index is 0.00154. The maximum atomic E-state index is 10.9. The second-order valence-electron chi connectivity index (χ2n) is 4.85. The van der Waals surface area contributed by atoms with Gasteiger partial charge in [0.25, 0.3) is 5.69 Å². The number of nitro benzene ring substituents is 1. The molecule has 0 aliphatic carbocycles. The molecule has 1 N–H and O–H groups in total. The van der Waals surface area contributed by atoms with Gasteiger partial charge in [-0.1, -0.05) is 0 Å². The number of nitrogens with zero attached hydrogens (tertiary/aromatic N) is 1. The van der Waals surface area contributed by atoms with Crippen molar-refractivity contribution in [3.8, 4) is 5.75 Å². The Balaban J connectivity index is 3.02. The van der Waals surface area contributed by atoms with Crippen LogP contribution in [0.25, 0.3) is 0 Å². The molecule has 0 fully saturated rings. The topological polar surface area (TPSA) is 73.6 Å². The van der Waals surface area contributed by atoms with Crippen molar-refractivity contribution in [2.75, 3.05) is 25.6 Å². The molecule has 0 amide bonds. The summed E-state index contributed by atoms with van der Waals surface area (Å²) >= 11 is 0. The molecular formula is C13H20N2O4. The van der Waals surface area contributed by atoms with Crippen LogP contribution in [0.2, 0.25) is 0 Å². The molecule has 106 valence electrons. The molecular weight excluding hydrogens is 248 g/mol. The van der Waals surface area contributed by atoms with Crippen LogP contribution in [0, 0.1) is 10.1 Å². The lowest BCUT2D eigenvalue weighted by Gasteiger charge is -2.26. The number of hydrogen-bond donors (Lipinski definition) is 1. The van der Waals surface area contributed by atoms with Crippen LogP contribution >= 0.6 is 0 Å². The van der Waals surface area contributed by atoms with Crippen LogP contribution in [-0.4, -0.2) is 30.8 Å². The van der Waals surface area contributed by atoms with Crippen molar-refractivity contribution < 1.29 is 14.4 Å². The third kappa shape index (κ3) is 4.75. The van der Waals surface area contributed by atoms with E-state index in [9.17, 15) is 10.1 Å². The standard InChI is InChI=1S/C13H20N2O4/c1-5-19-12-7-10(6-11(8-12)15(16)17)14-13(2,3)9-18-4/h6-8,14H,5,9H2,1-4H3. The first kappa shape index (κ1) is 15.2. The maximum absolute atomic E-state index is 10.9. The van der Waals surface area contributed by atoms with Crippen molar-refractivity contribution in [1.29, 1.82) is 0 Å². The zero-order chi connectivity index (χ0) is 14.5. The van der Waals surface area contributed by atoms with E-state index in [1.54, 1.807) is 13.2 Å². The molecule has 1 aromatic carbocycles. The molecule has 6 nitrogen and oxygen atoms in total. The van der Waals surface area contributed by atoms with E-state index in [2.05, 4.69) is 5.32 Å². The number of anilines is 1. The SMILES string of the molecule is CCOc1cc(NC(C)(C)COC)cc([N+](=O)[O-])c1. The Hall–Kier alpha value is -1.82. The van der Waals surface area contributed by atoms with Crippen LogP contribution in [0.5, 0.6) is 5.75 Å². The van der Waals surface area contributed by atoms with Crippen LogP contribution in [0.4, 0.5) is 11.4 Å². The maximum Gasteiger partial charge on any atom is 0.275 e. The molecule has 1 aromatic rings. The molecule has 1 rings (SSSR count). The van der Waals surface area contributed by atoms with Gasteiger partial charge in [-0.3, -0.25) is 10.1 Å². The Kier molecular flexibility index (Phi) is 5.11. The van der Waals surface area contributed by atoms with Crippen LogP contribution in [0.15, 0.2) is 18.2 Å². The van der Waals surface area contributed by atoms with Gasteiger partial charge in [-0.2, -0.15) is 0 Å². The smallest absolute Gasteiger partial charge is 0.275 e. The molecule has 0 atom stereocenters. The van der Waals surface area contributed by atoms with E-state index in [4.69, 9.17) is 9.47 Å². The number of nitro groups is 1. The first-order valence-corrected chi connectivity index (χ1v) is 6.07. The number of benzene rings is 1. The first-order chi connectivity index (χ1) is 8.88. The van der Waals surface area contributed by atoms with Gasteiger partial charge >= 0.3 is 0 Å². The van der Waals surface area contributed by atoms with Gasteiger partial charge in [0.05, 0.1) is 29.7 Å². The fraction of sp³-hybridized carbons (Fsp3) is 0.538.